The first-order valence-electron chi connectivity index (χ1n) is 21.7. The van der Waals surface area contributed by atoms with Crippen molar-refractivity contribution in [1.29, 1.82) is 0 Å². The summed E-state index contributed by atoms with van der Waals surface area (Å²) in [4.78, 5) is 72.4. The number of carbonyl (C=O) groups excluding carboxylic acids is 6. The first-order valence-corrected chi connectivity index (χ1v) is 23.1. The number of hydrogen-bond acceptors (Lipinski definition) is 13. The van der Waals surface area contributed by atoms with Gasteiger partial charge in [0.15, 0.2) is 11.9 Å². The van der Waals surface area contributed by atoms with E-state index in [1.807, 2.05) is 109 Å². The predicted molar refractivity (Wildman–Crippen MR) is 249 cm³/mol. The molecule has 0 spiro atoms. The molecule has 0 aromatic heterocycles. The third-order valence-corrected chi connectivity index (χ3v) is 10.1. The van der Waals surface area contributed by atoms with Gasteiger partial charge in [-0.2, -0.15) is 21.6 Å². The third kappa shape index (κ3) is 20.8. The maximum Gasteiger partial charge on any atom is 0.523 e. The molecule has 17 heteroatoms. The monoisotopic (exact) mass is 970 g/mol. The van der Waals surface area contributed by atoms with Crippen molar-refractivity contribution < 1.29 is 73.5 Å². The molecule has 0 aliphatic carbocycles. The predicted octanol–water partition coefficient (Wildman–Crippen LogP) is 9.62. The van der Waals surface area contributed by atoms with E-state index >= 15 is 0 Å². The fraction of sp³-hybridized carbons (Fsp3) is 0.412. The van der Waals surface area contributed by atoms with Gasteiger partial charge < -0.3 is 18.9 Å². The smallest absolute Gasteiger partial charge is 0.466 e. The fourth-order valence-corrected chi connectivity index (χ4v) is 6.53. The van der Waals surface area contributed by atoms with Crippen LogP contribution in [0.3, 0.4) is 0 Å². The molecule has 0 aliphatic heterocycles. The summed E-state index contributed by atoms with van der Waals surface area (Å²) in [5.74, 6) is -5.55. The third-order valence-electron chi connectivity index (χ3n) is 9.00. The van der Waals surface area contributed by atoms with Gasteiger partial charge in [-0.3, -0.25) is 24.0 Å². The van der Waals surface area contributed by atoms with Gasteiger partial charge in [-0.05, 0) is 95.7 Å². The first kappa shape index (κ1) is 57.9. The SMILES string of the molecule is CC(C)(C)OC(=O)CC(=O)Cc1ccc(-c2ccccc2)cc1.CCOC(=O)[C@@H](C)OS(=O)(=O)C(F)(F)F.CCOC(=O)[C@H](C)C(C(=O)Cc1ccc(-c2ccccc2)cc1)C(=O)OC(C)(C)C. The first-order chi connectivity index (χ1) is 31.6. The Morgan fingerprint density at radius 2 is 0.941 bits per heavy atom. The zero-order valence-corrected chi connectivity index (χ0v) is 40.8. The lowest BCUT2D eigenvalue weighted by Crippen LogP contribution is -2.40. The van der Waals surface area contributed by atoms with E-state index in [0.717, 1.165) is 40.3 Å². The molecule has 0 aliphatic rings. The van der Waals surface area contributed by atoms with Gasteiger partial charge in [0, 0.05) is 12.8 Å². The summed E-state index contributed by atoms with van der Waals surface area (Å²) in [5, 5.41) is 0. The Labute approximate surface area is 396 Å². The second kappa shape index (κ2) is 26.4. The summed E-state index contributed by atoms with van der Waals surface area (Å²) in [5.41, 5.74) is -0.840. The molecular weight excluding hydrogens is 910 g/mol. The minimum absolute atomic E-state index is 0.0305. The number of carbonyl (C=O) groups is 6. The Morgan fingerprint density at radius 1 is 0.544 bits per heavy atom. The van der Waals surface area contributed by atoms with Crippen LogP contribution in [0.5, 0.6) is 0 Å². The Kier molecular flexibility index (Phi) is 22.5. The van der Waals surface area contributed by atoms with Crippen molar-refractivity contribution in [2.75, 3.05) is 13.2 Å². The molecule has 4 aromatic carbocycles. The van der Waals surface area contributed by atoms with Crippen LogP contribution in [0.25, 0.3) is 22.3 Å². The van der Waals surface area contributed by atoms with E-state index in [2.05, 4.69) is 8.92 Å². The Balaban J connectivity index is 0.000000371. The zero-order chi connectivity index (χ0) is 51.5. The molecular formula is C51H61F3O13S. The highest BCUT2D eigenvalue weighted by molar-refractivity contribution is 7.87. The second-order valence-electron chi connectivity index (χ2n) is 17.2. The average molecular weight is 971 g/mol. The number of esters is 4. The van der Waals surface area contributed by atoms with Crippen molar-refractivity contribution in [2.45, 2.75) is 111 Å². The van der Waals surface area contributed by atoms with Gasteiger partial charge in [0.2, 0.25) is 0 Å². The van der Waals surface area contributed by atoms with Crippen LogP contribution < -0.4 is 0 Å². The fourth-order valence-electron chi connectivity index (χ4n) is 5.96. The highest BCUT2D eigenvalue weighted by Crippen LogP contribution is 2.27. The van der Waals surface area contributed by atoms with Gasteiger partial charge in [-0.1, -0.05) is 116 Å². The second-order valence-corrected chi connectivity index (χ2v) is 18.8. The van der Waals surface area contributed by atoms with Crippen LogP contribution in [0.15, 0.2) is 109 Å². The van der Waals surface area contributed by atoms with Gasteiger partial charge in [0.25, 0.3) is 0 Å². The number of ether oxygens (including phenoxy) is 4. The molecule has 0 radical (unpaired) electrons. The number of Topliss-reactive ketones (excluding diaryl/α,β-unsaturated/α-hetero) is 2. The molecule has 370 valence electrons. The van der Waals surface area contributed by atoms with Gasteiger partial charge >= 0.3 is 39.5 Å². The molecule has 4 rings (SSSR count). The molecule has 0 heterocycles. The maximum absolute atomic E-state index is 13.0. The van der Waals surface area contributed by atoms with Crippen LogP contribution in [0.2, 0.25) is 0 Å². The molecule has 0 saturated carbocycles. The molecule has 0 N–H and O–H groups in total. The maximum atomic E-state index is 13.0. The van der Waals surface area contributed by atoms with Gasteiger partial charge in [0.1, 0.15) is 29.3 Å². The number of benzene rings is 4. The Hall–Kier alpha value is -6.20. The standard InChI is InChI=1S/C25H30O5.C20H22O3.C6H9F3O5S/c1-6-29-23(27)17(2)22(24(28)30-25(3,4)5)21(26)16-18-12-14-20(15-13-18)19-10-8-7-9-11-19;1-20(2,3)23-19(22)14-18(21)13-15-9-11-17(12-10-15)16-7-5-4-6-8-16;1-3-13-5(10)4(2)14-15(11,12)6(7,8)9/h7-15,17,22H,6,16H2,1-5H3;4-12H,13-14H2,1-3H3;4H,3H2,1-2H3/t17-,22?;;4-/m1.1/s1. The number of halogens is 3. The lowest BCUT2D eigenvalue weighted by Gasteiger charge is -2.26. The number of alkyl halides is 3. The van der Waals surface area contributed by atoms with Crippen molar-refractivity contribution in [3.8, 4) is 22.3 Å². The van der Waals surface area contributed by atoms with Crippen molar-refractivity contribution in [1.82, 2.24) is 0 Å². The van der Waals surface area contributed by atoms with Crippen LogP contribution in [-0.4, -0.2) is 79.9 Å². The number of hydrogen-bond donors (Lipinski definition) is 0. The summed E-state index contributed by atoms with van der Waals surface area (Å²) in [6.07, 6.45) is -1.73. The molecule has 0 bridgehead atoms. The lowest BCUT2D eigenvalue weighted by atomic mass is 9.86. The van der Waals surface area contributed by atoms with E-state index in [0.29, 0.717) is 0 Å². The largest absolute Gasteiger partial charge is 0.523 e. The van der Waals surface area contributed by atoms with Crippen LogP contribution in [0.1, 0.15) is 86.8 Å². The summed E-state index contributed by atoms with van der Waals surface area (Å²) in [7, 11) is -5.76. The molecule has 3 atom stereocenters. The van der Waals surface area contributed by atoms with Crippen molar-refractivity contribution in [2.24, 2.45) is 11.8 Å². The molecule has 68 heavy (non-hydrogen) atoms. The van der Waals surface area contributed by atoms with E-state index in [-0.39, 0.29) is 44.0 Å². The van der Waals surface area contributed by atoms with Crippen LogP contribution in [-0.2, 0) is 74.9 Å². The zero-order valence-electron chi connectivity index (χ0n) is 40.0. The van der Waals surface area contributed by atoms with E-state index in [1.54, 1.807) is 48.5 Å². The number of ketones is 2. The van der Waals surface area contributed by atoms with E-state index in [1.165, 1.54) is 13.8 Å². The molecule has 0 fully saturated rings. The highest BCUT2D eigenvalue weighted by atomic mass is 32.2. The summed E-state index contributed by atoms with van der Waals surface area (Å²) < 4.78 is 79.6. The van der Waals surface area contributed by atoms with Gasteiger partial charge in [-0.15, -0.1) is 0 Å². The van der Waals surface area contributed by atoms with Crippen molar-refractivity contribution in [3.63, 3.8) is 0 Å². The van der Waals surface area contributed by atoms with E-state index in [9.17, 15) is 50.4 Å². The summed E-state index contributed by atoms with van der Waals surface area (Å²) in [6.45, 7) is 16.1. The van der Waals surface area contributed by atoms with Crippen molar-refractivity contribution in [3.05, 3.63) is 120 Å². The topological polar surface area (TPSA) is 183 Å². The van der Waals surface area contributed by atoms with Crippen molar-refractivity contribution >= 4 is 45.6 Å². The molecule has 13 nitrogen and oxygen atoms in total. The highest BCUT2D eigenvalue weighted by Gasteiger charge is 2.49. The quantitative estimate of drug-likeness (QED) is 0.0321. The molecule has 1 unspecified atom stereocenters. The molecule has 0 saturated heterocycles. The molecule has 4 aromatic rings. The van der Waals surface area contributed by atoms with E-state index < -0.39 is 68.6 Å². The van der Waals surface area contributed by atoms with Gasteiger partial charge in [-0.25, -0.2) is 8.98 Å². The summed E-state index contributed by atoms with van der Waals surface area (Å²) >= 11 is 0. The normalized spacial score (nSPS) is 12.8. The number of rotatable bonds is 17. The minimum atomic E-state index is -5.76. The van der Waals surface area contributed by atoms with Gasteiger partial charge in [0.05, 0.1) is 19.1 Å². The average Bonchev–Trinajstić information content (AvgIpc) is 3.23. The summed E-state index contributed by atoms with van der Waals surface area (Å²) in [6, 6.07) is 35.4. The van der Waals surface area contributed by atoms with Crippen LogP contribution in [0.4, 0.5) is 13.2 Å². The Bertz CT molecular complexity index is 2370. The van der Waals surface area contributed by atoms with E-state index in [4.69, 9.17) is 14.2 Å². The van der Waals surface area contributed by atoms with Crippen LogP contribution in [0, 0.1) is 11.8 Å². The van der Waals surface area contributed by atoms with Crippen LogP contribution >= 0.6 is 0 Å². The minimum Gasteiger partial charge on any atom is -0.466 e. The Morgan fingerprint density at radius 3 is 1.34 bits per heavy atom. The lowest BCUT2D eigenvalue weighted by molar-refractivity contribution is -0.169. The molecule has 0 amide bonds.